The van der Waals surface area contributed by atoms with E-state index >= 15 is 0 Å². The van der Waals surface area contributed by atoms with Crippen molar-refractivity contribution in [2.45, 2.75) is 38.4 Å². The molecule has 7 rings (SSSR count). The first kappa shape index (κ1) is 27.8. The second-order valence-electron chi connectivity index (χ2n) is 11.8. The number of pyridine rings is 1. The third-order valence-corrected chi connectivity index (χ3v) is 8.97. The number of anilines is 1. The van der Waals surface area contributed by atoms with Crippen molar-refractivity contribution in [1.29, 1.82) is 5.26 Å². The summed E-state index contributed by atoms with van der Waals surface area (Å²) in [6.07, 6.45) is 4.61. The van der Waals surface area contributed by atoms with E-state index in [4.69, 9.17) is 4.98 Å². The summed E-state index contributed by atoms with van der Waals surface area (Å²) in [5.41, 5.74) is 7.61. The molecule has 1 N–H and O–H groups in total. The summed E-state index contributed by atoms with van der Waals surface area (Å²) in [7, 11) is 0. The summed E-state index contributed by atoms with van der Waals surface area (Å²) >= 11 is 0. The monoisotopic (exact) mass is 577 g/mol. The highest BCUT2D eigenvalue weighted by Crippen LogP contribution is 2.32. The summed E-state index contributed by atoms with van der Waals surface area (Å²) in [6.45, 7) is 3.49. The molecular weight excluding hydrogens is 542 g/mol. The maximum Gasteiger partial charge on any atom is 0.255 e. The summed E-state index contributed by atoms with van der Waals surface area (Å²) in [6, 6.07) is 36.7. The molecule has 2 saturated heterocycles. The molecule has 218 valence electrons. The number of aromatic nitrogens is 1. The Kier molecular flexibility index (Phi) is 7.79. The van der Waals surface area contributed by atoms with E-state index in [0.29, 0.717) is 23.5 Å². The Balaban J connectivity index is 1.21. The van der Waals surface area contributed by atoms with Gasteiger partial charge in [0.1, 0.15) is 5.82 Å². The van der Waals surface area contributed by atoms with Crippen LogP contribution in [0.3, 0.4) is 0 Å². The SMILES string of the molecule is N#Cc1ccc(-c2ccc3nc(NCc4ccc(-c5ccccc5)cc4)cc(C(=O)N4CCCC4N4CCCC4)c3c2)cc1. The zero-order valence-electron chi connectivity index (χ0n) is 24.7. The molecule has 44 heavy (non-hydrogen) atoms. The molecule has 2 aliphatic rings. The van der Waals surface area contributed by atoms with Crippen molar-refractivity contribution in [3.63, 3.8) is 0 Å². The number of nitrogens with zero attached hydrogens (tertiary/aromatic N) is 4. The van der Waals surface area contributed by atoms with Crippen LogP contribution in [-0.2, 0) is 6.54 Å². The van der Waals surface area contributed by atoms with Gasteiger partial charge in [-0.3, -0.25) is 9.69 Å². The van der Waals surface area contributed by atoms with Crippen molar-refractivity contribution in [2.75, 3.05) is 25.0 Å². The first-order valence-corrected chi connectivity index (χ1v) is 15.5. The van der Waals surface area contributed by atoms with Crippen molar-refractivity contribution in [1.82, 2.24) is 14.8 Å². The van der Waals surface area contributed by atoms with E-state index in [1.807, 2.05) is 48.5 Å². The molecule has 1 amide bonds. The van der Waals surface area contributed by atoms with Crippen LogP contribution in [0, 0.1) is 11.3 Å². The van der Waals surface area contributed by atoms with Gasteiger partial charge in [-0.1, -0.05) is 72.8 Å². The summed E-state index contributed by atoms with van der Waals surface area (Å²) in [5.74, 6) is 0.759. The molecule has 5 aromatic rings. The second-order valence-corrected chi connectivity index (χ2v) is 11.8. The van der Waals surface area contributed by atoms with Crippen LogP contribution >= 0.6 is 0 Å². The van der Waals surface area contributed by atoms with Gasteiger partial charge in [0.2, 0.25) is 0 Å². The number of fused-ring (bicyclic) bond motifs is 1. The molecule has 0 radical (unpaired) electrons. The van der Waals surface area contributed by atoms with E-state index in [0.717, 1.165) is 60.1 Å². The van der Waals surface area contributed by atoms with Crippen LogP contribution in [0.25, 0.3) is 33.2 Å². The third-order valence-electron chi connectivity index (χ3n) is 8.97. The summed E-state index contributed by atoms with van der Waals surface area (Å²) in [4.78, 5) is 23.9. The van der Waals surface area contributed by atoms with Crippen LogP contribution in [-0.4, -0.2) is 46.5 Å². The molecular formula is C38H35N5O. The topological polar surface area (TPSA) is 72.3 Å². The molecule has 4 aromatic carbocycles. The maximum atomic E-state index is 14.4. The van der Waals surface area contributed by atoms with Gasteiger partial charge in [0.05, 0.1) is 28.9 Å². The summed E-state index contributed by atoms with van der Waals surface area (Å²) < 4.78 is 0. The Morgan fingerprint density at radius 2 is 1.48 bits per heavy atom. The zero-order chi connectivity index (χ0) is 29.9. The highest BCUT2D eigenvalue weighted by molar-refractivity contribution is 6.08. The van der Waals surface area contributed by atoms with Gasteiger partial charge in [0.25, 0.3) is 5.91 Å². The number of carbonyl (C=O) groups excluding carboxylic acids is 1. The Morgan fingerprint density at radius 1 is 0.795 bits per heavy atom. The number of benzene rings is 4. The van der Waals surface area contributed by atoms with Gasteiger partial charge in [0, 0.05) is 31.6 Å². The van der Waals surface area contributed by atoms with Gasteiger partial charge < -0.3 is 10.2 Å². The number of carbonyl (C=O) groups is 1. The van der Waals surface area contributed by atoms with E-state index in [2.05, 4.69) is 75.8 Å². The lowest BCUT2D eigenvalue weighted by atomic mass is 9.99. The van der Waals surface area contributed by atoms with Gasteiger partial charge in [0.15, 0.2) is 0 Å². The van der Waals surface area contributed by atoms with Gasteiger partial charge in [-0.25, -0.2) is 4.98 Å². The fourth-order valence-corrected chi connectivity index (χ4v) is 6.61. The van der Waals surface area contributed by atoms with E-state index < -0.39 is 0 Å². The number of rotatable bonds is 7. The Hall–Kier alpha value is -4.99. The first-order valence-electron chi connectivity index (χ1n) is 15.5. The average Bonchev–Trinajstić information content (AvgIpc) is 3.80. The molecule has 0 aliphatic carbocycles. The first-order chi connectivity index (χ1) is 21.7. The fourth-order valence-electron chi connectivity index (χ4n) is 6.61. The van der Waals surface area contributed by atoms with E-state index in [-0.39, 0.29) is 12.1 Å². The number of hydrogen-bond donors (Lipinski definition) is 1. The Morgan fingerprint density at radius 3 is 2.23 bits per heavy atom. The van der Waals surface area contributed by atoms with Crippen LogP contribution in [0.2, 0.25) is 0 Å². The number of amides is 1. The number of nitrogens with one attached hydrogen (secondary N) is 1. The van der Waals surface area contributed by atoms with Crippen LogP contribution in [0.1, 0.15) is 47.2 Å². The van der Waals surface area contributed by atoms with Crippen molar-refractivity contribution in [3.05, 3.63) is 120 Å². The number of nitriles is 1. The molecule has 6 nitrogen and oxygen atoms in total. The minimum atomic E-state index is 0.0686. The molecule has 2 fully saturated rings. The molecule has 0 bridgehead atoms. The highest BCUT2D eigenvalue weighted by atomic mass is 16.2. The molecule has 2 aliphatic heterocycles. The normalized spacial score (nSPS) is 16.7. The van der Waals surface area contributed by atoms with Gasteiger partial charge in [-0.2, -0.15) is 5.26 Å². The predicted molar refractivity (Wildman–Crippen MR) is 176 cm³/mol. The van der Waals surface area contributed by atoms with Crippen LogP contribution < -0.4 is 5.32 Å². The standard InChI is InChI=1S/C38H35N5O/c39-25-27-10-14-31(15-11-27)32-18-19-35-33(23-32)34(38(44)43-22-6-9-37(43)42-20-4-5-21-42)24-36(41-35)40-26-28-12-16-30(17-13-28)29-7-2-1-3-8-29/h1-3,7-8,10-19,23-24,37H,4-6,9,20-22,26H2,(H,40,41). The summed E-state index contributed by atoms with van der Waals surface area (Å²) in [5, 5.41) is 13.6. The van der Waals surface area contributed by atoms with Gasteiger partial charge in [-0.05, 0) is 83.8 Å². The minimum Gasteiger partial charge on any atom is -0.366 e. The van der Waals surface area contributed by atoms with Crippen LogP contribution in [0.15, 0.2) is 103 Å². The predicted octanol–water partition coefficient (Wildman–Crippen LogP) is 7.71. The lowest BCUT2D eigenvalue weighted by Crippen LogP contribution is -2.46. The van der Waals surface area contributed by atoms with Gasteiger partial charge >= 0.3 is 0 Å². The van der Waals surface area contributed by atoms with E-state index in [1.165, 1.54) is 24.0 Å². The molecule has 1 aromatic heterocycles. The third kappa shape index (κ3) is 5.67. The number of hydrogen-bond acceptors (Lipinski definition) is 5. The fraction of sp³-hybridized carbons (Fsp3) is 0.237. The van der Waals surface area contributed by atoms with Crippen LogP contribution in [0.4, 0.5) is 5.82 Å². The van der Waals surface area contributed by atoms with Crippen molar-refractivity contribution in [2.24, 2.45) is 0 Å². The Labute approximate surface area is 258 Å². The minimum absolute atomic E-state index is 0.0686. The quantitative estimate of drug-likeness (QED) is 0.215. The molecule has 0 saturated carbocycles. The van der Waals surface area contributed by atoms with Crippen molar-refractivity contribution >= 4 is 22.6 Å². The average molecular weight is 578 g/mol. The van der Waals surface area contributed by atoms with Crippen molar-refractivity contribution < 1.29 is 4.79 Å². The maximum absolute atomic E-state index is 14.4. The highest BCUT2D eigenvalue weighted by Gasteiger charge is 2.35. The Bertz CT molecular complexity index is 1820. The van der Waals surface area contributed by atoms with Gasteiger partial charge in [-0.15, -0.1) is 0 Å². The molecule has 6 heteroatoms. The molecule has 3 heterocycles. The lowest BCUT2D eigenvalue weighted by Gasteiger charge is -2.32. The van der Waals surface area contributed by atoms with Crippen molar-refractivity contribution in [3.8, 4) is 28.3 Å². The zero-order valence-corrected chi connectivity index (χ0v) is 24.7. The lowest BCUT2D eigenvalue weighted by molar-refractivity contribution is 0.0533. The largest absolute Gasteiger partial charge is 0.366 e. The molecule has 0 spiro atoms. The molecule has 1 atom stereocenters. The molecule has 1 unspecified atom stereocenters. The number of likely N-dealkylation sites (tertiary alicyclic amines) is 2. The second kappa shape index (κ2) is 12.3. The smallest absolute Gasteiger partial charge is 0.255 e. The van der Waals surface area contributed by atoms with E-state index in [1.54, 1.807) is 0 Å². The van der Waals surface area contributed by atoms with E-state index in [9.17, 15) is 10.1 Å². The van der Waals surface area contributed by atoms with Crippen LogP contribution in [0.5, 0.6) is 0 Å².